The minimum absolute atomic E-state index is 0.0489. The van der Waals surface area contributed by atoms with Crippen LogP contribution in [0, 0.1) is 6.92 Å². The van der Waals surface area contributed by atoms with Gasteiger partial charge in [0.15, 0.2) is 0 Å². The van der Waals surface area contributed by atoms with E-state index in [0.29, 0.717) is 30.9 Å². The average molecular weight is 349 g/mol. The Labute approximate surface area is 146 Å². The van der Waals surface area contributed by atoms with Crippen molar-refractivity contribution >= 4 is 17.7 Å². The first-order chi connectivity index (χ1) is 11.6. The van der Waals surface area contributed by atoms with Gasteiger partial charge in [0.2, 0.25) is 11.8 Å². The van der Waals surface area contributed by atoms with Crippen LogP contribution in [0.1, 0.15) is 25.8 Å². The normalized spacial score (nSPS) is 12.1. The highest BCUT2D eigenvalue weighted by molar-refractivity contribution is 8.00. The largest absolute Gasteiger partial charge is 0.411 e. The van der Waals surface area contributed by atoms with Crippen LogP contribution in [0.2, 0.25) is 0 Å². The summed E-state index contributed by atoms with van der Waals surface area (Å²) in [7, 11) is 0. The summed E-state index contributed by atoms with van der Waals surface area (Å²) in [5, 5.41) is 11.1. The summed E-state index contributed by atoms with van der Waals surface area (Å²) < 4.78 is 10.9. The summed E-state index contributed by atoms with van der Waals surface area (Å²) in [5.41, 5.74) is 1.97. The maximum Gasteiger partial charge on any atom is 0.277 e. The quantitative estimate of drug-likeness (QED) is 0.554. The van der Waals surface area contributed by atoms with E-state index in [-0.39, 0.29) is 11.2 Å². The fourth-order valence-corrected chi connectivity index (χ4v) is 2.77. The molecule has 0 aliphatic carbocycles. The van der Waals surface area contributed by atoms with Gasteiger partial charge in [-0.1, -0.05) is 30.0 Å². The second kappa shape index (κ2) is 9.44. The Morgan fingerprint density at radius 3 is 2.92 bits per heavy atom. The predicted octanol–water partition coefficient (Wildman–Crippen LogP) is 3.07. The molecule has 1 aromatic heterocycles. The molecule has 0 aliphatic rings. The Hall–Kier alpha value is -1.86. The molecule has 1 amide bonds. The number of benzene rings is 1. The number of hydrogen-bond acceptors (Lipinski definition) is 6. The molecule has 7 heteroatoms. The zero-order chi connectivity index (χ0) is 17.4. The van der Waals surface area contributed by atoms with Gasteiger partial charge in [0.25, 0.3) is 5.22 Å². The molecule has 1 unspecified atom stereocenters. The number of ether oxygens (including phenoxy) is 1. The van der Waals surface area contributed by atoms with E-state index < -0.39 is 0 Å². The molecule has 0 saturated heterocycles. The second-order valence-electron chi connectivity index (χ2n) is 5.29. The lowest BCUT2D eigenvalue weighted by molar-refractivity contribution is -0.120. The fraction of sp³-hybridized carbons (Fsp3) is 0.471. The summed E-state index contributed by atoms with van der Waals surface area (Å²) in [6, 6.07) is 7.82. The average Bonchev–Trinajstić information content (AvgIpc) is 3.03. The molecule has 2 aromatic rings. The zero-order valence-corrected chi connectivity index (χ0v) is 15.1. The number of thioether (sulfide) groups is 1. The molecule has 24 heavy (non-hydrogen) atoms. The van der Waals surface area contributed by atoms with E-state index in [2.05, 4.69) is 15.5 Å². The van der Waals surface area contributed by atoms with Crippen LogP contribution in [0.25, 0.3) is 11.5 Å². The first kappa shape index (κ1) is 18.5. The number of rotatable bonds is 9. The molecule has 0 bridgehead atoms. The number of aryl methyl sites for hydroxylation is 1. The number of hydrogen-bond donors (Lipinski definition) is 1. The first-order valence-corrected chi connectivity index (χ1v) is 8.91. The molecule has 1 heterocycles. The maximum atomic E-state index is 12.0. The van der Waals surface area contributed by atoms with Crippen molar-refractivity contribution in [3.8, 4) is 11.5 Å². The van der Waals surface area contributed by atoms with Gasteiger partial charge in [-0.15, -0.1) is 10.2 Å². The monoisotopic (exact) mass is 349 g/mol. The third kappa shape index (κ3) is 5.35. The van der Waals surface area contributed by atoms with Gasteiger partial charge in [-0.05, 0) is 38.8 Å². The van der Waals surface area contributed by atoms with Crippen LogP contribution in [0.15, 0.2) is 33.9 Å². The van der Waals surface area contributed by atoms with E-state index in [9.17, 15) is 4.79 Å². The van der Waals surface area contributed by atoms with Crippen LogP contribution < -0.4 is 5.32 Å². The zero-order valence-electron chi connectivity index (χ0n) is 14.2. The summed E-state index contributed by atoms with van der Waals surface area (Å²) >= 11 is 1.26. The van der Waals surface area contributed by atoms with Crippen LogP contribution in [0.5, 0.6) is 0 Å². The van der Waals surface area contributed by atoms with Crippen molar-refractivity contribution in [2.45, 2.75) is 37.7 Å². The summed E-state index contributed by atoms with van der Waals surface area (Å²) in [4.78, 5) is 12.0. The number of nitrogens with one attached hydrogen (secondary N) is 1. The van der Waals surface area contributed by atoms with Crippen LogP contribution in [0.4, 0.5) is 0 Å². The molecular weight excluding hydrogens is 326 g/mol. The van der Waals surface area contributed by atoms with E-state index in [1.807, 2.05) is 45.0 Å². The minimum atomic E-state index is -0.303. The Balaban J connectivity index is 1.85. The molecule has 0 radical (unpaired) electrons. The molecular formula is C17H23N3O3S. The van der Waals surface area contributed by atoms with Gasteiger partial charge in [-0.3, -0.25) is 4.79 Å². The third-order valence-electron chi connectivity index (χ3n) is 3.40. The number of carbonyl (C=O) groups is 1. The Morgan fingerprint density at radius 2 is 2.17 bits per heavy atom. The SMILES string of the molecule is CCOCCCNC(=O)C(C)Sc1nnc(-c2ccccc2C)o1. The van der Waals surface area contributed by atoms with Crippen molar-refractivity contribution in [2.24, 2.45) is 0 Å². The highest BCUT2D eigenvalue weighted by Crippen LogP contribution is 2.27. The fourth-order valence-electron chi connectivity index (χ4n) is 2.06. The lowest BCUT2D eigenvalue weighted by Gasteiger charge is -2.09. The Morgan fingerprint density at radius 1 is 1.38 bits per heavy atom. The first-order valence-electron chi connectivity index (χ1n) is 8.03. The molecule has 1 aromatic carbocycles. The van der Waals surface area contributed by atoms with Gasteiger partial charge >= 0.3 is 0 Å². The molecule has 1 N–H and O–H groups in total. The molecule has 0 aliphatic heterocycles. The predicted molar refractivity (Wildman–Crippen MR) is 93.9 cm³/mol. The molecule has 1 atom stereocenters. The van der Waals surface area contributed by atoms with Crippen LogP contribution in [0.3, 0.4) is 0 Å². The highest BCUT2D eigenvalue weighted by Gasteiger charge is 2.18. The lowest BCUT2D eigenvalue weighted by Crippen LogP contribution is -2.32. The van der Waals surface area contributed by atoms with Gasteiger partial charge in [0.1, 0.15) is 0 Å². The summed E-state index contributed by atoms with van der Waals surface area (Å²) in [6.45, 7) is 7.71. The van der Waals surface area contributed by atoms with Crippen LogP contribution in [-0.2, 0) is 9.53 Å². The van der Waals surface area contributed by atoms with Crippen molar-refractivity contribution in [3.63, 3.8) is 0 Å². The van der Waals surface area contributed by atoms with E-state index >= 15 is 0 Å². The van der Waals surface area contributed by atoms with E-state index in [1.54, 1.807) is 0 Å². The standard InChI is InChI=1S/C17H23N3O3S/c1-4-22-11-7-10-18-15(21)13(3)24-17-20-19-16(23-17)14-9-6-5-8-12(14)2/h5-6,8-9,13H,4,7,10-11H2,1-3H3,(H,18,21). The minimum Gasteiger partial charge on any atom is -0.411 e. The number of carbonyl (C=O) groups excluding carboxylic acids is 1. The van der Waals surface area contributed by atoms with Crippen molar-refractivity contribution in [1.29, 1.82) is 0 Å². The van der Waals surface area contributed by atoms with E-state index in [0.717, 1.165) is 17.5 Å². The number of nitrogens with zero attached hydrogens (tertiary/aromatic N) is 2. The van der Waals surface area contributed by atoms with Crippen LogP contribution >= 0.6 is 11.8 Å². The van der Waals surface area contributed by atoms with Crippen molar-refractivity contribution in [3.05, 3.63) is 29.8 Å². The van der Waals surface area contributed by atoms with Crippen molar-refractivity contribution < 1.29 is 13.9 Å². The van der Waals surface area contributed by atoms with Gasteiger partial charge < -0.3 is 14.5 Å². The Bertz CT molecular complexity index is 660. The van der Waals surface area contributed by atoms with E-state index in [1.165, 1.54) is 11.8 Å². The maximum absolute atomic E-state index is 12.0. The smallest absolute Gasteiger partial charge is 0.277 e. The highest BCUT2D eigenvalue weighted by atomic mass is 32.2. The van der Waals surface area contributed by atoms with Crippen molar-refractivity contribution in [1.82, 2.24) is 15.5 Å². The molecule has 6 nitrogen and oxygen atoms in total. The van der Waals surface area contributed by atoms with Gasteiger partial charge in [0, 0.05) is 25.3 Å². The van der Waals surface area contributed by atoms with Gasteiger partial charge in [-0.2, -0.15) is 0 Å². The number of aromatic nitrogens is 2. The van der Waals surface area contributed by atoms with E-state index in [4.69, 9.17) is 9.15 Å². The Kier molecular flexibility index (Phi) is 7.27. The third-order valence-corrected chi connectivity index (χ3v) is 4.33. The molecule has 0 saturated carbocycles. The molecule has 0 spiro atoms. The lowest BCUT2D eigenvalue weighted by atomic mass is 10.1. The van der Waals surface area contributed by atoms with Crippen LogP contribution in [-0.4, -0.2) is 41.1 Å². The summed E-state index contributed by atoms with van der Waals surface area (Å²) in [5.74, 6) is 0.423. The number of amides is 1. The summed E-state index contributed by atoms with van der Waals surface area (Å²) in [6.07, 6.45) is 0.801. The van der Waals surface area contributed by atoms with Crippen molar-refractivity contribution in [2.75, 3.05) is 19.8 Å². The van der Waals surface area contributed by atoms with Gasteiger partial charge in [0.05, 0.1) is 5.25 Å². The molecule has 2 rings (SSSR count). The van der Waals surface area contributed by atoms with Gasteiger partial charge in [-0.25, -0.2) is 0 Å². The topological polar surface area (TPSA) is 77.2 Å². The molecule has 0 fully saturated rings. The molecule has 130 valence electrons. The second-order valence-corrected chi connectivity index (χ2v) is 6.58.